The molecular formula is C21H23ClFNO3. The van der Waals surface area contributed by atoms with Gasteiger partial charge in [-0.2, -0.15) is 0 Å². The average molecular weight is 392 g/mol. The van der Waals surface area contributed by atoms with E-state index in [9.17, 15) is 9.18 Å². The normalized spacial score (nSPS) is 13.9. The van der Waals surface area contributed by atoms with E-state index < -0.39 is 17.5 Å². The van der Waals surface area contributed by atoms with Gasteiger partial charge in [-0.1, -0.05) is 41.9 Å². The second kappa shape index (κ2) is 7.77. The maximum absolute atomic E-state index is 14.7. The van der Waals surface area contributed by atoms with Crippen LogP contribution < -0.4 is 4.74 Å². The fourth-order valence-corrected chi connectivity index (χ4v) is 3.28. The van der Waals surface area contributed by atoms with Gasteiger partial charge in [-0.25, -0.2) is 9.18 Å². The molecule has 0 aliphatic carbocycles. The highest BCUT2D eigenvalue weighted by Gasteiger charge is 2.29. The Labute approximate surface area is 163 Å². The summed E-state index contributed by atoms with van der Waals surface area (Å²) in [5, 5.41) is 0.408. The summed E-state index contributed by atoms with van der Waals surface area (Å²) in [5.74, 6) is -0.104. The van der Waals surface area contributed by atoms with Crippen LogP contribution in [-0.2, 0) is 24.3 Å². The van der Waals surface area contributed by atoms with E-state index in [1.165, 1.54) is 11.0 Å². The largest absolute Gasteiger partial charge is 0.487 e. The Kier molecular flexibility index (Phi) is 5.61. The lowest BCUT2D eigenvalue weighted by Gasteiger charge is -2.32. The molecule has 3 rings (SSSR count). The van der Waals surface area contributed by atoms with Gasteiger partial charge in [0.15, 0.2) is 0 Å². The van der Waals surface area contributed by atoms with Gasteiger partial charge in [0.05, 0.1) is 11.6 Å². The van der Waals surface area contributed by atoms with Crippen molar-refractivity contribution in [3.63, 3.8) is 0 Å². The Hall–Kier alpha value is -2.27. The monoisotopic (exact) mass is 391 g/mol. The highest BCUT2D eigenvalue weighted by molar-refractivity contribution is 6.33. The van der Waals surface area contributed by atoms with Crippen LogP contribution in [0.1, 0.15) is 37.5 Å². The maximum atomic E-state index is 14.7. The van der Waals surface area contributed by atoms with E-state index in [-0.39, 0.29) is 6.54 Å². The van der Waals surface area contributed by atoms with Gasteiger partial charge in [-0.15, -0.1) is 0 Å². The number of amides is 1. The summed E-state index contributed by atoms with van der Waals surface area (Å²) >= 11 is 6.47. The van der Waals surface area contributed by atoms with Crippen molar-refractivity contribution >= 4 is 17.7 Å². The molecule has 0 unspecified atom stereocenters. The standard InChI is InChI=1S/C21H23ClFNO3/c1-21(2,3)27-20(25)24-10-9-15-16(12-24)17(23)11-18(19(15)22)26-13-14-7-5-4-6-8-14/h4-8,11H,9-10,12-13H2,1-3H3. The lowest BCUT2D eigenvalue weighted by atomic mass is 9.98. The second-order valence-electron chi connectivity index (χ2n) is 7.55. The Bertz CT molecular complexity index is 834. The molecule has 0 spiro atoms. The molecule has 0 atom stereocenters. The van der Waals surface area contributed by atoms with Crippen LogP contribution in [0.25, 0.3) is 0 Å². The molecule has 27 heavy (non-hydrogen) atoms. The van der Waals surface area contributed by atoms with Crippen LogP contribution in [0.3, 0.4) is 0 Å². The molecule has 1 aliphatic rings. The number of carbonyl (C=O) groups excluding carboxylic acids is 1. The lowest BCUT2D eigenvalue weighted by Crippen LogP contribution is -2.40. The highest BCUT2D eigenvalue weighted by Crippen LogP contribution is 2.36. The first-order valence-electron chi connectivity index (χ1n) is 8.89. The second-order valence-corrected chi connectivity index (χ2v) is 7.93. The zero-order valence-corrected chi connectivity index (χ0v) is 16.5. The van der Waals surface area contributed by atoms with E-state index in [0.717, 1.165) is 5.56 Å². The van der Waals surface area contributed by atoms with Crippen molar-refractivity contribution in [3.05, 3.63) is 63.9 Å². The van der Waals surface area contributed by atoms with Gasteiger partial charge >= 0.3 is 6.09 Å². The molecule has 0 bridgehead atoms. The lowest BCUT2D eigenvalue weighted by molar-refractivity contribution is 0.0221. The predicted octanol–water partition coefficient (Wildman–Crippen LogP) is 5.35. The SMILES string of the molecule is CC(C)(C)OC(=O)N1CCc2c(Cl)c(OCc3ccccc3)cc(F)c2C1. The topological polar surface area (TPSA) is 38.8 Å². The zero-order chi connectivity index (χ0) is 19.6. The van der Waals surface area contributed by atoms with Gasteiger partial charge in [0.2, 0.25) is 0 Å². The number of hydrogen-bond acceptors (Lipinski definition) is 3. The maximum Gasteiger partial charge on any atom is 0.410 e. The van der Waals surface area contributed by atoms with Crippen molar-refractivity contribution in [2.75, 3.05) is 6.54 Å². The van der Waals surface area contributed by atoms with E-state index in [4.69, 9.17) is 21.1 Å². The summed E-state index contributed by atoms with van der Waals surface area (Å²) in [6, 6.07) is 10.9. The minimum atomic E-state index is -0.595. The van der Waals surface area contributed by atoms with Crippen LogP contribution in [0.2, 0.25) is 5.02 Å². The summed E-state index contributed by atoms with van der Waals surface area (Å²) in [6.45, 7) is 6.27. The number of carbonyl (C=O) groups is 1. The quantitative estimate of drug-likeness (QED) is 0.707. The fourth-order valence-electron chi connectivity index (χ4n) is 2.96. The van der Waals surface area contributed by atoms with Gasteiger partial charge in [0, 0.05) is 18.2 Å². The van der Waals surface area contributed by atoms with E-state index >= 15 is 0 Å². The third-order valence-electron chi connectivity index (χ3n) is 4.26. The van der Waals surface area contributed by atoms with Gasteiger partial charge in [-0.3, -0.25) is 0 Å². The summed E-state index contributed by atoms with van der Waals surface area (Å²) < 4.78 is 25.8. The molecule has 1 amide bonds. The van der Waals surface area contributed by atoms with Crippen LogP contribution in [0.5, 0.6) is 5.75 Å². The number of halogens is 2. The van der Waals surface area contributed by atoms with Crippen LogP contribution in [0, 0.1) is 5.82 Å². The average Bonchev–Trinajstić information content (AvgIpc) is 2.62. The van der Waals surface area contributed by atoms with Gasteiger partial charge in [0.25, 0.3) is 0 Å². The molecule has 1 aliphatic heterocycles. The summed E-state index contributed by atoms with van der Waals surface area (Å²) in [4.78, 5) is 13.8. The molecular weight excluding hydrogens is 369 g/mol. The Morgan fingerprint density at radius 3 is 2.59 bits per heavy atom. The Morgan fingerprint density at radius 2 is 1.93 bits per heavy atom. The molecule has 0 N–H and O–H groups in total. The first-order valence-corrected chi connectivity index (χ1v) is 9.27. The number of rotatable bonds is 3. The summed E-state index contributed by atoms with van der Waals surface area (Å²) in [5.41, 5.74) is 1.49. The van der Waals surface area contributed by atoms with E-state index in [2.05, 4.69) is 0 Å². The van der Waals surface area contributed by atoms with E-state index in [0.29, 0.717) is 41.5 Å². The van der Waals surface area contributed by atoms with Crippen molar-refractivity contribution in [2.45, 2.75) is 45.9 Å². The summed E-state index contributed by atoms with van der Waals surface area (Å²) in [6.07, 6.45) is 0.000401. The number of ether oxygens (including phenoxy) is 2. The molecule has 0 fully saturated rings. The fraction of sp³-hybridized carbons (Fsp3) is 0.381. The van der Waals surface area contributed by atoms with Gasteiger partial charge < -0.3 is 14.4 Å². The van der Waals surface area contributed by atoms with Crippen LogP contribution >= 0.6 is 11.6 Å². The molecule has 0 radical (unpaired) electrons. The smallest absolute Gasteiger partial charge is 0.410 e. The summed E-state index contributed by atoms with van der Waals surface area (Å²) in [7, 11) is 0. The van der Waals surface area contributed by atoms with Crippen molar-refractivity contribution < 1.29 is 18.7 Å². The minimum absolute atomic E-state index is 0.134. The highest BCUT2D eigenvalue weighted by atomic mass is 35.5. The first kappa shape index (κ1) is 19.5. The third-order valence-corrected chi connectivity index (χ3v) is 4.68. The molecule has 0 aromatic heterocycles. The Balaban J connectivity index is 1.77. The molecule has 2 aromatic carbocycles. The molecule has 0 saturated carbocycles. The third kappa shape index (κ3) is 4.72. The van der Waals surface area contributed by atoms with Gasteiger partial charge in [0.1, 0.15) is 23.8 Å². The molecule has 1 heterocycles. The van der Waals surface area contributed by atoms with Crippen molar-refractivity contribution in [3.8, 4) is 5.75 Å². The molecule has 144 valence electrons. The number of fused-ring (bicyclic) bond motifs is 1. The Morgan fingerprint density at radius 1 is 1.22 bits per heavy atom. The number of benzene rings is 2. The zero-order valence-electron chi connectivity index (χ0n) is 15.7. The predicted molar refractivity (Wildman–Crippen MR) is 103 cm³/mol. The van der Waals surface area contributed by atoms with Crippen molar-refractivity contribution in [1.29, 1.82) is 0 Å². The van der Waals surface area contributed by atoms with E-state index in [1.807, 2.05) is 30.3 Å². The van der Waals surface area contributed by atoms with Crippen molar-refractivity contribution in [2.24, 2.45) is 0 Å². The molecule has 4 nitrogen and oxygen atoms in total. The van der Waals surface area contributed by atoms with Crippen LogP contribution in [0.4, 0.5) is 9.18 Å². The minimum Gasteiger partial charge on any atom is -0.487 e. The number of nitrogens with zero attached hydrogens (tertiary/aromatic N) is 1. The molecule has 6 heteroatoms. The first-order chi connectivity index (χ1) is 12.7. The van der Waals surface area contributed by atoms with Crippen molar-refractivity contribution in [1.82, 2.24) is 4.90 Å². The number of hydrogen-bond donors (Lipinski definition) is 0. The molecule has 0 saturated heterocycles. The van der Waals surface area contributed by atoms with Crippen LogP contribution in [-0.4, -0.2) is 23.1 Å². The van der Waals surface area contributed by atoms with E-state index in [1.54, 1.807) is 20.8 Å². The van der Waals surface area contributed by atoms with Crippen LogP contribution in [0.15, 0.2) is 36.4 Å². The molecule has 2 aromatic rings. The van der Waals surface area contributed by atoms with Gasteiger partial charge in [-0.05, 0) is 38.3 Å².